The molecule has 1 N–H and O–H groups in total. The maximum absolute atomic E-state index is 15.6. The average Bonchev–Trinajstić information content (AvgIpc) is 3.11. The lowest BCUT2D eigenvalue weighted by Gasteiger charge is -2.32. The van der Waals surface area contributed by atoms with Gasteiger partial charge in [-0.25, -0.2) is 0 Å². The van der Waals surface area contributed by atoms with E-state index >= 15 is 8.63 Å². The molecule has 3 heterocycles. The van der Waals surface area contributed by atoms with Gasteiger partial charge in [0.2, 0.25) is 0 Å². The van der Waals surface area contributed by atoms with Crippen molar-refractivity contribution in [2.75, 3.05) is 13.2 Å². The summed E-state index contributed by atoms with van der Waals surface area (Å²) in [4.78, 5) is 36.6. The molecule has 1 aromatic rings. The number of ether oxygens (including phenoxy) is 1. The van der Waals surface area contributed by atoms with Crippen molar-refractivity contribution in [3.05, 3.63) is 39.9 Å². The number of halogens is 2. The number of nitrogens with zero attached hydrogens (tertiary/aromatic N) is 2. The highest BCUT2D eigenvalue weighted by molar-refractivity contribution is 6.59. The minimum absolute atomic E-state index is 0.0135. The number of rotatable bonds is 5. The van der Waals surface area contributed by atoms with Crippen LogP contribution < -0.4 is 5.32 Å². The largest absolute Gasteiger partial charge is 0.737 e. The predicted octanol–water partition coefficient (Wildman–Crippen LogP) is 2.12. The van der Waals surface area contributed by atoms with Crippen LogP contribution in [0.25, 0.3) is 5.57 Å². The van der Waals surface area contributed by atoms with Gasteiger partial charge in [0.05, 0.1) is 12.2 Å². The topological polar surface area (TPSA) is 80.4 Å². The first kappa shape index (κ1) is 21.7. The van der Waals surface area contributed by atoms with Gasteiger partial charge in [0.1, 0.15) is 12.3 Å². The second kappa shape index (κ2) is 7.34. The van der Waals surface area contributed by atoms with E-state index in [0.717, 1.165) is 14.5 Å². The number of esters is 1. The van der Waals surface area contributed by atoms with Crippen LogP contribution in [0.3, 0.4) is 0 Å². The molecular formula is C20H24BF2N3O4. The van der Waals surface area contributed by atoms with Crippen molar-refractivity contribution in [2.24, 2.45) is 0 Å². The number of aromatic nitrogens is 1. The summed E-state index contributed by atoms with van der Waals surface area (Å²) in [7, 11) is 0. The van der Waals surface area contributed by atoms with Crippen LogP contribution in [-0.2, 0) is 19.1 Å². The average molecular weight is 419 g/mol. The summed E-state index contributed by atoms with van der Waals surface area (Å²) >= 11 is 0. The molecule has 0 atom stereocenters. The molecule has 0 saturated heterocycles. The molecule has 0 spiro atoms. The first-order valence-electron chi connectivity index (χ1n) is 9.69. The van der Waals surface area contributed by atoms with Crippen LogP contribution in [0.15, 0.2) is 22.9 Å². The van der Waals surface area contributed by atoms with Gasteiger partial charge >= 0.3 is 12.9 Å². The van der Waals surface area contributed by atoms with E-state index < -0.39 is 31.2 Å². The van der Waals surface area contributed by atoms with Crippen LogP contribution in [0.1, 0.15) is 44.6 Å². The van der Waals surface area contributed by atoms with Crippen molar-refractivity contribution in [2.45, 2.75) is 41.5 Å². The van der Waals surface area contributed by atoms with Gasteiger partial charge in [-0.2, -0.15) is 0 Å². The Morgan fingerprint density at radius 3 is 2.37 bits per heavy atom. The lowest BCUT2D eigenvalue weighted by atomic mass is 9.86. The second-order valence-corrected chi connectivity index (χ2v) is 7.52. The highest BCUT2D eigenvalue weighted by atomic mass is 19.2. The zero-order valence-electron chi connectivity index (χ0n) is 17.9. The van der Waals surface area contributed by atoms with E-state index in [1.54, 1.807) is 40.7 Å². The van der Waals surface area contributed by atoms with E-state index in [-0.39, 0.29) is 23.6 Å². The van der Waals surface area contributed by atoms with Crippen LogP contribution in [0.5, 0.6) is 0 Å². The third kappa shape index (κ3) is 3.01. The number of aryl methyl sites for hydroxylation is 2. The molecule has 1 aromatic heterocycles. The van der Waals surface area contributed by atoms with Crippen molar-refractivity contribution in [3.8, 4) is 0 Å². The summed E-state index contributed by atoms with van der Waals surface area (Å²) < 4.78 is 37.8. The number of amides is 1. The molecule has 0 aromatic carbocycles. The Balaban J connectivity index is 2.07. The molecule has 160 valence electrons. The zero-order chi connectivity index (χ0) is 22.5. The van der Waals surface area contributed by atoms with Crippen LogP contribution in [0.2, 0.25) is 0 Å². The van der Waals surface area contributed by atoms with Crippen molar-refractivity contribution in [1.82, 2.24) is 9.79 Å². The van der Waals surface area contributed by atoms with Gasteiger partial charge < -0.3 is 27.6 Å². The molecule has 2 aliphatic rings. The van der Waals surface area contributed by atoms with Crippen LogP contribution in [-0.4, -0.2) is 52.5 Å². The van der Waals surface area contributed by atoms with E-state index in [2.05, 4.69) is 5.32 Å². The molecule has 7 nitrogen and oxygen atoms in total. The number of carbonyl (C=O) groups is 3. The number of hydrogen-bond donors (Lipinski definition) is 1. The molecule has 30 heavy (non-hydrogen) atoms. The van der Waals surface area contributed by atoms with E-state index in [1.807, 2.05) is 0 Å². The smallest absolute Gasteiger partial charge is 0.465 e. The number of allylic oxidation sites excluding steroid dienone is 2. The van der Waals surface area contributed by atoms with Crippen molar-refractivity contribution in [1.29, 1.82) is 0 Å². The third-order valence-corrected chi connectivity index (χ3v) is 5.58. The Kier molecular flexibility index (Phi) is 5.30. The monoisotopic (exact) mass is 419 g/mol. The Hall–Kier alpha value is -3.04. The fraction of sp³-hybridized carbons (Fsp3) is 0.400. The van der Waals surface area contributed by atoms with Gasteiger partial charge in [0.25, 0.3) is 11.7 Å². The highest BCUT2D eigenvalue weighted by Gasteiger charge is 2.56. The highest BCUT2D eigenvalue weighted by Crippen LogP contribution is 2.42. The Labute approximate surface area is 173 Å². The maximum atomic E-state index is 15.6. The molecule has 0 bridgehead atoms. The van der Waals surface area contributed by atoms with Gasteiger partial charge in [0, 0.05) is 23.8 Å². The van der Waals surface area contributed by atoms with Gasteiger partial charge in [-0.3, -0.25) is 14.4 Å². The molecule has 0 radical (unpaired) electrons. The number of ketones is 1. The molecule has 0 unspecified atom stereocenters. The van der Waals surface area contributed by atoms with E-state index in [0.29, 0.717) is 22.5 Å². The van der Waals surface area contributed by atoms with Crippen molar-refractivity contribution >= 4 is 35.9 Å². The summed E-state index contributed by atoms with van der Waals surface area (Å²) in [6, 6.07) is 1.71. The number of Topliss-reactive ketones (excluding diaryl/α,β-unsaturated/α-hetero) is 1. The summed E-state index contributed by atoms with van der Waals surface area (Å²) in [5, 5.41) is 2.20. The minimum Gasteiger partial charge on any atom is -0.465 e. The summed E-state index contributed by atoms with van der Waals surface area (Å²) in [6.07, 6.45) is 0. The van der Waals surface area contributed by atoms with Crippen LogP contribution in [0, 0.1) is 13.8 Å². The van der Waals surface area contributed by atoms with E-state index in [4.69, 9.17) is 4.74 Å². The molecule has 0 saturated carbocycles. The molecule has 10 heteroatoms. The second-order valence-electron chi connectivity index (χ2n) is 7.52. The van der Waals surface area contributed by atoms with Crippen molar-refractivity contribution in [3.63, 3.8) is 0 Å². The summed E-state index contributed by atoms with van der Waals surface area (Å²) in [5.74, 6) is -2.70. The number of hydrogen-bond acceptors (Lipinski definition) is 4. The predicted molar refractivity (Wildman–Crippen MR) is 108 cm³/mol. The molecule has 1 amide bonds. The lowest BCUT2D eigenvalue weighted by Crippen LogP contribution is -2.51. The maximum Gasteiger partial charge on any atom is 0.737 e. The van der Waals surface area contributed by atoms with Gasteiger partial charge in [0.15, 0.2) is 5.70 Å². The van der Waals surface area contributed by atoms with Gasteiger partial charge in [-0.15, -0.1) is 0 Å². The van der Waals surface area contributed by atoms with E-state index in [9.17, 15) is 14.4 Å². The first-order chi connectivity index (χ1) is 13.9. The Morgan fingerprint density at radius 1 is 1.13 bits per heavy atom. The van der Waals surface area contributed by atoms with Crippen molar-refractivity contribution < 1.29 is 32.2 Å². The molecule has 0 fully saturated rings. The SMILES string of the molecule is CCOC(=O)CNC(=O)C(=O)C1=C(C)C2=C(C)c3c(C)cc(C)n3[B-](F)(F)[N+]2=C1C. The minimum atomic E-state index is -4.25. The standard InChI is InChI=1S/C20H24BF2N3O4/c1-7-30-15(27)9-24-20(29)19(28)16-12(4)18-13(5)17-10(2)8-11(3)25(17)21(22,23)26(18)14(16)6/h8H,7,9H2,1-6H3,(H,24,29). The summed E-state index contributed by atoms with van der Waals surface area (Å²) in [5.41, 5.74) is 2.67. The summed E-state index contributed by atoms with van der Waals surface area (Å²) in [6.45, 7) is 5.11. The Bertz CT molecular complexity index is 1100. The van der Waals surface area contributed by atoms with Crippen LogP contribution >= 0.6 is 0 Å². The Morgan fingerprint density at radius 2 is 1.77 bits per heavy atom. The lowest BCUT2D eigenvalue weighted by molar-refractivity contribution is -0.363. The van der Waals surface area contributed by atoms with Gasteiger partial charge in [-0.05, 0) is 51.9 Å². The first-order valence-corrected chi connectivity index (χ1v) is 9.69. The fourth-order valence-electron chi connectivity index (χ4n) is 4.52. The normalized spacial score (nSPS) is 17.2. The number of carbonyl (C=O) groups excluding carboxylic acids is 3. The van der Waals surface area contributed by atoms with Crippen LogP contribution in [0.4, 0.5) is 8.63 Å². The third-order valence-electron chi connectivity index (χ3n) is 5.58. The quantitative estimate of drug-likeness (QED) is 0.451. The fourth-order valence-corrected chi connectivity index (χ4v) is 4.52. The molecule has 0 aliphatic carbocycles. The van der Waals surface area contributed by atoms with E-state index in [1.165, 1.54) is 6.92 Å². The molecular weight excluding hydrogens is 395 g/mol. The number of nitrogens with one attached hydrogen (secondary N) is 1. The zero-order valence-corrected chi connectivity index (χ0v) is 17.9. The molecule has 2 aliphatic heterocycles. The van der Waals surface area contributed by atoms with Gasteiger partial charge in [-0.1, -0.05) is 0 Å². The number of fused-ring (bicyclic) bond motifs is 2. The molecule has 3 rings (SSSR count).